The van der Waals surface area contributed by atoms with E-state index in [4.69, 9.17) is 15.7 Å². The molecule has 5 rings (SSSR count). The van der Waals surface area contributed by atoms with Crippen molar-refractivity contribution in [2.24, 2.45) is 0 Å². The number of imidazole rings is 1. The molecule has 9 nitrogen and oxygen atoms in total. The van der Waals surface area contributed by atoms with Crippen molar-refractivity contribution in [1.82, 2.24) is 34.5 Å². The van der Waals surface area contributed by atoms with Crippen molar-refractivity contribution in [3.8, 4) is 22.9 Å². The van der Waals surface area contributed by atoms with Crippen LogP contribution in [0.3, 0.4) is 0 Å². The lowest BCUT2D eigenvalue weighted by molar-refractivity contribution is 0.282. The summed E-state index contributed by atoms with van der Waals surface area (Å²) < 4.78 is 1.91. The van der Waals surface area contributed by atoms with E-state index in [-0.39, 0.29) is 6.61 Å². The Morgan fingerprint density at radius 2 is 1.69 bits per heavy atom. The van der Waals surface area contributed by atoms with Crippen molar-refractivity contribution in [3.63, 3.8) is 0 Å². The number of pyridine rings is 2. The Hall–Kier alpha value is -4.11. The van der Waals surface area contributed by atoms with Crippen LogP contribution in [0.25, 0.3) is 34.1 Å². The topological polar surface area (TPSA) is 121 Å². The third-order valence-corrected chi connectivity index (χ3v) is 4.57. The highest BCUT2D eigenvalue weighted by molar-refractivity contribution is 5.83. The fraction of sp³-hybridized carbons (Fsp3) is 0.0500. The van der Waals surface area contributed by atoms with Gasteiger partial charge in [-0.25, -0.2) is 15.0 Å². The molecule has 142 valence electrons. The summed E-state index contributed by atoms with van der Waals surface area (Å²) >= 11 is 0. The standard InChI is InChI=1S/C20H16N8O/c21-18-15(2-1-9-22-18)19-25-16-7-8-17(28-23-10-11-24-28)26-20(16)27(19)14-5-3-13(12-29)4-6-14/h1-11,29H,12H2,(H2,21,22). The highest BCUT2D eigenvalue weighted by atomic mass is 16.3. The number of hydrogen-bond acceptors (Lipinski definition) is 7. The quantitative estimate of drug-likeness (QED) is 0.487. The Labute approximate surface area is 165 Å². The van der Waals surface area contributed by atoms with Gasteiger partial charge < -0.3 is 10.8 Å². The first kappa shape index (κ1) is 17.0. The van der Waals surface area contributed by atoms with E-state index in [1.165, 1.54) is 4.80 Å². The summed E-state index contributed by atoms with van der Waals surface area (Å²) in [5, 5.41) is 17.7. The molecule has 0 amide bonds. The summed E-state index contributed by atoms with van der Waals surface area (Å²) in [5.41, 5.74) is 9.82. The monoisotopic (exact) mass is 384 g/mol. The SMILES string of the molecule is Nc1ncccc1-c1nc2ccc(-n3nccn3)nc2n1-c1ccc(CO)cc1. The highest BCUT2D eigenvalue weighted by Crippen LogP contribution is 2.30. The maximum atomic E-state index is 9.37. The maximum Gasteiger partial charge on any atom is 0.176 e. The highest BCUT2D eigenvalue weighted by Gasteiger charge is 2.18. The Balaban J connectivity index is 1.80. The average molecular weight is 384 g/mol. The molecule has 9 heteroatoms. The number of hydrogen-bond donors (Lipinski definition) is 2. The molecule has 0 saturated carbocycles. The lowest BCUT2D eigenvalue weighted by Crippen LogP contribution is -2.04. The Kier molecular flexibility index (Phi) is 3.99. The van der Waals surface area contributed by atoms with Gasteiger partial charge in [-0.1, -0.05) is 12.1 Å². The molecule has 0 radical (unpaired) electrons. The van der Waals surface area contributed by atoms with Gasteiger partial charge in [-0.3, -0.25) is 4.57 Å². The van der Waals surface area contributed by atoms with Crippen LogP contribution in [0.4, 0.5) is 5.82 Å². The summed E-state index contributed by atoms with van der Waals surface area (Å²) in [6, 6.07) is 14.9. The second-order valence-corrected chi connectivity index (χ2v) is 6.36. The number of nitrogens with zero attached hydrogens (tertiary/aromatic N) is 7. The van der Waals surface area contributed by atoms with Crippen molar-refractivity contribution < 1.29 is 5.11 Å². The van der Waals surface area contributed by atoms with E-state index < -0.39 is 0 Å². The predicted octanol–water partition coefficient (Wildman–Crippen LogP) is 2.14. The molecular weight excluding hydrogens is 368 g/mol. The Morgan fingerprint density at radius 1 is 0.897 bits per heavy atom. The zero-order valence-corrected chi connectivity index (χ0v) is 15.2. The Morgan fingerprint density at radius 3 is 2.41 bits per heavy atom. The fourth-order valence-electron chi connectivity index (χ4n) is 3.17. The molecule has 0 bridgehead atoms. The molecular formula is C20H16N8O. The van der Waals surface area contributed by atoms with Crippen LogP contribution in [0.2, 0.25) is 0 Å². The average Bonchev–Trinajstić information content (AvgIpc) is 3.42. The van der Waals surface area contributed by atoms with Crippen LogP contribution in [0.15, 0.2) is 67.1 Å². The molecule has 0 aliphatic rings. The minimum atomic E-state index is -0.0271. The van der Waals surface area contributed by atoms with E-state index in [0.29, 0.717) is 34.2 Å². The number of anilines is 1. The number of nitrogen functional groups attached to an aromatic ring is 1. The zero-order valence-electron chi connectivity index (χ0n) is 15.2. The van der Waals surface area contributed by atoms with Gasteiger partial charge in [-0.05, 0) is 42.0 Å². The molecule has 0 unspecified atom stereocenters. The van der Waals surface area contributed by atoms with Crippen molar-refractivity contribution in [2.45, 2.75) is 6.61 Å². The summed E-state index contributed by atoms with van der Waals surface area (Å²) in [5.74, 6) is 1.58. The van der Waals surface area contributed by atoms with E-state index in [0.717, 1.165) is 11.3 Å². The molecule has 0 atom stereocenters. The minimum absolute atomic E-state index is 0.0271. The molecule has 0 aliphatic heterocycles. The largest absolute Gasteiger partial charge is 0.392 e. The first-order chi connectivity index (χ1) is 14.2. The van der Waals surface area contributed by atoms with Gasteiger partial charge >= 0.3 is 0 Å². The van der Waals surface area contributed by atoms with Crippen molar-refractivity contribution >= 4 is 17.0 Å². The van der Waals surface area contributed by atoms with E-state index >= 15 is 0 Å². The van der Waals surface area contributed by atoms with Gasteiger partial charge in [0.15, 0.2) is 17.3 Å². The molecule has 0 saturated heterocycles. The molecule has 3 N–H and O–H groups in total. The number of benzene rings is 1. The third-order valence-electron chi connectivity index (χ3n) is 4.57. The van der Waals surface area contributed by atoms with Gasteiger partial charge in [0.25, 0.3) is 0 Å². The van der Waals surface area contributed by atoms with Crippen LogP contribution in [0, 0.1) is 0 Å². The number of nitrogens with two attached hydrogens (primary N) is 1. The molecule has 4 aromatic heterocycles. The minimum Gasteiger partial charge on any atom is -0.392 e. The summed E-state index contributed by atoms with van der Waals surface area (Å²) in [7, 11) is 0. The van der Waals surface area contributed by atoms with Gasteiger partial charge in [0, 0.05) is 11.9 Å². The predicted molar refractivity (Wildman–Crippen MR) is 107 cm³/mol. The van der Waals surface area contributed by atoms with Crippen LogP contribution in [-0.4, -0.2) is 39.6 Å². The second kappa shape index (κ2) is 6.80. The number of fused-ring (bicyclic) bond motifs is 1. The number of aliphatic hydroxyl groups is 1. The second-order valence-electron chi connectivity index (χ2n) is 6.36. The molecule has 0 spiro atoms. The normalized spacial score (nSPS) is 11.2. The smallest absolute Gasteiger partial charge is 0.176 e. The van der Waals surface area contributed by atoms with Gasteiger partial charge in [0.2, 0.25) is 0 Å². The first-order valence-corrected chi connectivity index (χ1v) is 8.92. The summed E-state index contributed by atoms with van der Waals surface area (Å²) in [6.45, 7) is -0.0271. The van der Waals surface area contributed by atoms with E-state index in [1.807, 2.05) is 53.1 Å². The summed E-state index contributed by atoms with van der Waals surface area (Å²) in [6.07, 6.45) is 4.83. The molecule has 0 aliphatic carbocycles. The lowest BCUT2D eigenvalue weighted by Gasteiger charge is -2.11. The van der Waals surface area contributed by atoms with Crippen LogP contribution < -0.4 is 5.73 Å². The fourth-order valence-corrected chi connectivity index (χ4v) is 3.17. The molecule has 0 fully saturated rings. The first-order valence-electron chi connectivity index (χ1n) is 8.92. The van der Waals surface area contributed by atoms with Crippen LogP contribution >= 0.6 is 0 Å². The molecule has 1 aromatic carbocycles. The van der Waals surface area contributed by atoms with Crippen molar-refractivity contribution in [2.75, 3.05) is 5.73 Å². The van der Waals surface area contributed by atoms with Gasteiger partial charge in [0.05, 0.1) is 24.6 Å². The van der Waals surface area contributed by atoms with Crippen molar-refractivity contribution in [1.29, 1.82) is 0 Å². The number of aromatic nitrogens is 7. The summed E-state index contributed by atoms with van der Waals surface area (Å²) in [4.78, 5) is 15.1. The molecule has 5 aromatic rings. The van der Waals surface area contributed by atoms with E-state index in [1.54, 1.807) is 18.6 Å². The van der Waals surface area contributed by atoms with Crippen LogP contribution in [0.1, 0.15) is 5.56 Å². The zero-order chi connectivity index (χ0) is 19.8. The maximum absolute atomic E-state index is 9.37. The van der Waals surface area contributed by atoms with Gasteiger partial charge in [-0.2, -0.15) is 10.2 Å². The number of rotatable bonds is 4. The van der Waals surface area contributed by atoms with E-state index in [9.17, 15) is 5.11 Å². The lowest BCUT2D eigenvalue weighted by atomic mass is 10.2. The molecule has 29 heavy (non-hydrogen) atoms. The third kappa shape index (κ3) is 2.89. The number of aliphatic hydroxyl groups excluding tert-OH is 1. The van der Waals surface area contributed by atoms with Gasteiger partial charge in [0.1, 0.15) is 11.3 Å². The molecule has 4 heterocycles. The Bertz CT molecular complexity index is 1290. The van der Waals surface area contributed by atoms with Crippen molar-refractivity contribution in [3.05, 3.63) is 72.7 Å². The van der Waals surface area contributed by atoms with Crippen LogP contribution in [0.5, 0.6) is 0 Å². The van der Waals surface area contributed by atoms with Crippen LogP contribution in [-0.2, 0) is 6.61 Å². The van der Waals surface area contributed by atoms with E-state index in [2.05, 4.69) is 15.2 Å². The van der Waals surface area contributed by atoms with Gasteiger partial charge in [-0.15, -0.1) is 4.80 Å².